The van der Waals surface area contributed by atoms with Crippen LogP contribution in [0.5, 0.6) is 0 Å². The number of rotatable bonds is 1. The summed E-state index contributed by atoms with van der Waals surface area (Å²) in [6.45, 7) is 0. The maximum atomic E-state index is 13.6. The number of halogens is 4. The first-order valence-electron chi connectivity index (χ1n) is 4.28. The SMILES string of the molecule is C.Cl.Cl.Fc1c(Cl)cccc1-c1ccccc1. The van der Waals surface area contributed by atoms with E-state index in [-0.39, 0.29) is 43.1 Å². The molecular weight excluding hydrogens is 282 g/mol. The molecule has 0 amide bonds. The lowest BCUT2D eigenvalue weighted by Gasteiger charge is -2.03. The molecule has 2 rings (SSSR count). The Morgan fingerprint density at radius 2 is 1.41 bits per heavy atom. The predicted octanol–water partition coefficient (Wildman–Crippen LogP) is 5.63. The van der Waals surface area contributed by atoms with Gasteiger partial charge in [0.15, 0.2) is 0 Å². The standard InChI is InChI=1S/C12H8ClF.CH4.2ClH/c13-11-8-4-7-10(12(11)14)9-5-2-1-3-6-9;;;/h1-8H;1H4;2*1H. The fraction of sp³-hybridized carbons (Fsp3) is 0.0769. The van der Waals surface area contributed by atoms with Crippen molar-refractivity contribution in [3.8, 4) is 11.1 Å². The Balaban J connectivity index is 0. The minimum absolute atomic E-state index is 0. The van der Waals surface area contributed by atoms with Gasteiger partial charge in [0.2, 0.25) is 0 Å². The normalized spacial score (nSPS) is 8.35. The molecule has 0 nitrogen and oxygen atoms in total. The highest BCUT2D eigenvalue weighted by Gasteiger charge is 2.06. The fourth-order valence-corrected chi connectivity index (χ4v) is 1.52. The first kappa shape index (κ1) is 18.6. The first-order chi connectivity index (χ1) is 6.79. The van der Waals surface area contributed by atoms with Crippen molar-refractivity contribution in [3.63, 3.8) is 0 Å². The van der Waals surface area contributed by atoms with Crippen LogP contribution < -0.4 is 0 Å². The van der Waals surface area contributed by atoms with Crippen LogP contribution in [-0.2, 0) is 0 Å². The van der Waals surface area contributed by atoms with E-state index < -0.39 is 0 Å². The van der Waals surface area contributed by atoms with E-state index in [0.717, 1.165) is 5.56 Å². The molecule has 0 heterocycles. The molecule has 0 aliphatic rings. The van der Waals surface area contributed by atoms with Crippen LogP contribution in [-0.4, -0.2) is 0 Å². The van der Waals surface area contributed by atoms with Gasteiger partial charge in [0.05, 0.1) is 5.02 Å². The lowest BCUT2D eigenvalue weighted by molar-refractivity contribution is 0.632. The molecule has 0 unspecified atom stereocenters. The van der Waals surface area contributed by atoms with Gasteiger partial charge in [-0.05, 0) is 11.6 Å². The van der Waals surface area contributed by atoms with E-state index in [1.54, 1.807) is 18.2 Å². The molecule has 0 fully saturated rings. The minimum atomic E-state index is -0.361. The summed E-state index contributed by atoms with van der Waals surface area (Å²) >= 11 is 5.69. The lowest BCUT2D eigenvalue weighted by atomic mass is 10.1. The quantitative estimate of drug-likeness (QED) is 0.640. The van der Waals surface area contributed by atoms with E-state index in [1.165, 1.54) is 0 Å². The van der Waals surface area contributed by atoms with Crippen molar-refractivity contribution in [2.45, 2.75) is 7.43 Å². The highest BCUT2D eigenvalue weighted by atomic mass is 35.5. The lowest BCUT2D eigenvalue weighted by Crippen LogP contribution is -1.84. The van der Waals surface area contributed by atoms with E-state index in [9.17, 15) is 4.39 Å². The molecule has 0 aromatic heterocycles. The zero-order valence-electron chi connectivity index (χ0n) is 8.19. The van der Waals surface area contributed by atoms with Gasteiger partial charge in [-0.15, -0.1) is 24.8 Å². The van der Waals surface area contributed by atoms with Gasteiger partial charge in [0.1, 0.15) is 5.82 Å². The molecule has 17 heavy (non-hydrogen) atoms. The Morgan fingerprint density at radius 3 is 2.00 bits per heavy atom. The Kier molecular flexibility index (Phi) is 9.13. The van der Waals surface area contributed by atoms with E-state index in [4.69, 9.17) is 11.6 Å². The Labute approximate surface area is 119 Å². The molecule has 0 aliphatic heterocycles. The monoisotopic (exact) mass is 294 g/mol. The third-order valence-corrected chi connectivity index (χ3v) is 2.33. The second-order valence-electron chi connectivity index (χ2n) is 2.97. The van der Waals surface area contributed by atoms with Crippen LogP contribution in [0, 0.1) is 5.82 Å². The van der Waals surface area contributed by atoms with Crippen LogP contribution in [0.3, 0.4) is 0 Å². The van der Waals surface area contributed by atoms with Gasteiger partial charge in [0.25, 0.3) is 0 Å². The highest BCUT2D eigenvalue weighted by molar-refractivity contribution is 6.31. The number of benzene rings is 2. The molecule has 0 atom stereocenters. The average molecular weight is 296 g/mol. The Hall–Kier alpha value is -0.760. The molecule has 0 N–H and O–H groups in total. The molecule has 94 valence electrons. The van der Waals surface area contributed by atoms with Crippen molar-refractivity contribution in [1.29, 1.82) is 0 Å². The molecule has 0 spiro atoms. The van der Waals surface area contributed by atoms with Crippen LogP contribution in [0.4, 0.5) is 4.39 Å². The summed E-state index contributed by atoms with van der Waals surface area (Å²) in [6, 6.07) is 14.4. The van der Waals surface area contributed by atoms with Gasteiger partial charge in [-0.25, -0.2) is 4.39 Å². The summed E-state index contributed by atoms with van der Waals surface area (Å²) in [7, 11) is 0. The first-order valence-corrected chi connectivity index (χ1v) is 4.66. The van der Waals surface area contributed by atoms with Gasteiger partial charge in [-0.3, -0.25) is 0 Å². The molecule has 2 aromatic rings. The van der Waals surface area contributed by atoms with Gasteiger partial charge < -0.3 is 0 Å². The Bertz CT molecular complexity index is 444. The maximum absolute atomic E-state index is 13.6. The topological polar surface area (TPSA) is 0 Å². The van der Waals surface area contributed by atoms with Crippen molar-refractivity contribution in [2.24, 2.45) is 0 Å². The van der Waals surface area contributed by atoms with E-state index in [0.29, 0.717) is 5.56 Å². The number of hydrogen-bond donors (Lipinski definition) is 0. The second kappa shape index (κ2) is 8.35. The summed E-state index contributed by atoms with van der Waals surface area (Å²) < 4.78 is 13.6. The third kappa shape index (κ3) is 4.19. The molecule has 0 saturated heterocycles. The van der Waals surface area contributed by atoms with Crippen LogP contribution in [0.25, 0.3) is 11.1 Å². The van der Waals surface area contributed by atoms with Crippen molar-refractivity contribution in [3.05, 3.63) is 59.4 Å². The smallest absolute Gasteiger partial charge is 0.149 e. The third-order valence-electron chi connectivity index (χ3n) is 2.04. The summed E-state index contributed by atoms with van der Waals surface area (Å²) in [5, 5.41) is 0.159. The summed E-state index contributed by atoms with van der Waals surface area (Å²) in [6.07, 6.45) is 0. The molecule has 0 aliphatic carbocycles. The average Bonchev–Trinajstić information content (AvgIpc) is 2.23. The van der Waals surface area contributed by atoms with Crippen LogP contribution in [0.2, 0.25) is 5.02 Å². The maximum Gasteiger partial charge on any atom is 0.149 e. The minimum Gasteiger partial charge on any atom is -0.205 e. The largest absolute Gasteiger partial charge is 0.205 e. The van der Waals surface area contributed by atoms with Crippen molar-refractivity contribution >= 4 is 36.4 Å². The zero-order valence-corrected chi connectivity index (χ0v) is 10.6. The Morgan fingerprint density at radius 1 is 0.824 bits per heavy atom. The molecule has 0 radical (unpaired) electrons. The molecule has 4 heteroatoms. The van der Waals surface area contributed by atoms with Gasteiger partial charge in [-0.1, -0.05) is 61.5 Å². The van der Waals surface area contributed by atoms with Gasteiger partial charge in [0, 0.05) is 5.56 Å². The van der Waals surface area contributed by atoms with Gasteiger partial charge >= 0.3 is 0 Å². The molecule has 0 saturated carbocycles. The zero-order chi connectivity index (χ0) is 9.97. The van der Waals surface area contributed by atoms with Gasteiger partial charge in [-0.2, -0.15) is 0 Å². The van der Waals surface area contributed by atoms with Crippen LogP contribution in [0.1, 0.15) is 7.43 Å². The summed E-state index contributed by atoms with van der Waals surface area (Å²) in [5.74, 6) is -0.361. The van der Waals surface area contributed by atoms with Crippen molar-refractivity contribution < 1.29 is 4.39 Å². The summed E-state index contributed by atoms with van der Waals surface area (Å²) in [5.41, 5.74) is 1.38. The van der Waals surface area contributed by atoms with E-state index in [1.807, 2.05) is 30.3 Å². The predicted molar refractivity (Wildman–Crippen MR) is 78.1 cm³/mol. The second-order valence-corrected chi connectivity index (χ2v) is 3.37. The number of hydrogen-bond acceptors (Lipinski definition) is 0. The molecule has 0 bridgehead atoms. The van der Waals surface area contributed by atoms with Crippen LogP contribution in [0.15, 0.2) is 48.5 Å². The van der Waals surface area contributed by atoms with Crippen LogP contribution >= 0.6 is 36.4 Å². The molecular formula is C13H14Cl3F. The molecule has 2 aromatic carbocycles. The van der Waals surface area contributed by atoms with E-state index in [2.05, 4.69) is 0 Å². The fourth-order valence-electron chi connectivity index (χ4n) is 1.34. The van der Waals surface area contributed by atoms with E-state index >= 15 is 0 Å². The van der Waals surface area contributed by atoms with Crippen molar-refractivity contribution in [2.75, 3.05) is 0 Å². The summed E-state index contributed by atoms with van der Waals surface area (Å²) in [4.78, 5) is 0. The highest BCUT2D eigenvalue weighted by Crippen LogP contribution is 2.26. The van der Waals surface area contributed by atoms with Crippen molar-refractivity contribution in [1.82, 2.24) is 0 Å².